The average molecular weight is 1120 g/mol. The summed E-state index contributed by atoms with van der Waals surface area (Å²) in [7, 11) is 6.81. The number of halogens is 1. The molecule has 0 amide bonds. The van der Waals surface area contributed by atoms with Crippen molar-refractivity contribution in [1.29, 1.82) is 0 Å². The van der Waals surface area contributed by atoms with Crippen molar-refractivity contribution in [2.45, 2.75) is 218 Å². The summed E-state index contributed by atoms with van der Waals surface area (Å²) in [6.45, 7) is 19.1. The summed E-state index contributed by atoms with van der Waals surface area (Å²) in [4.78, 5) is 29.8. The number of aliphatic hydroxyl groups is 4. The summed E-state index contributed by atoms with van der Waals surface area (Å²) in [5, 5.41) is 57.0. The topological polar surface area (TPSA) is 281 Å². The second kappa shape index (κ2) is 28.4. The first-order chi connectivity index (χ1) is 37.0. The van der Waals surface area contributed by atoms with E-state index in [9.17, 15) is 34.4 Å². The number of alkyl halides is 1. The van der Waals surface area contributed by atoms with Crippen LogP contribution in [-0.4, -0.2) is 200 Å². The SMILES string of the molecule is CC[C@H]1OC(=O)[C@H](C)[C@@H](O[C@H]2C[C@@](C)(OC)[C@@H](O)[C@H](C)O2)[C@H](C)[C@@H](O[C@H]2C[C@@H](N(C)CC/C(N)=C/N(N)[C@H](CF)[C@H](OC)c3ccc(-n4cc(COC(C)=O)nn4)cc3)C[C@@H](C)O2)[C@](C)(O)C[C@@H](C)CN(C)[C@H](C)[C@@H](O)[C@]1(C)O. The third kappa shape index (κ3) is 16.6. The molecule has 0 aliphatic carbocycles. The minimum absolute atomic E-state index is 0.00689. The number of cyclic esters (lactones) is 1. The van der Waals surface area contributed by atoms with Gasteiger partial charge in [-0.1, -0.05) is 38.1 Å². The maximum Gasteiger partial charge on any atom is 0.311 e. The highest BCUT2D eigenvalue weighted by Gasteiger charge is 2.52. The number of carbonyl (C=O) groups is 2. The molecule has 2 aromatic rings. The van der Waals surface area contributed by atoms with Crippen molar-refractivity contribution in [2.24, 2.45) is 29.3 Å². The van der Waals surface area contributed by atoms with E-state index >= 15 is 0 Å². The van der Waals surface area contributed by atoms with Crippen molar-refractivity contribution in [2.75, 3.05) is 48.1 Å². The zero-order valence-corrected chi connectivity index (χ0v) is 49.4. The second-order valence-electron chi connectivity index (χ2n) is 23.4. The van der Waals surface area contributed by atoms with Gasteiger partial charge in [-0.25, -0.2) is 14.9 Å². The van der Waals surface area contributed by atoms with Gasteiger partial charge in [0.1, 0.15) is 55.0 Å². The predicted molar refractivity (Wildman–Crippen MR) is 291 cm³/mol. The van der Waals surface area contributed by atoms with E-state index in [2.05, 4.69) is 15.2 Å². The van der Waals surface area contributed by atoms with E-state index in [0.29, 0.717) is 55.0 Å². The summed E-state index contributed by atoms with van der Waals surface area (Å²) in [5.41, 5.74) is 4.36. The molecule has 1 aromatic carbocycles. The molecule has 0 bridgehead atoms. The molecule has 3 saturated heterocycles. The Labute approximate surface area is 467 Å². The van der Waals surface area contributed by atoms with E-state index in [1.807, 2.05) is 39.8 Å². The van der Waals surface area contributed by atoms with Crippen LogP contribution in [-0.2, 0) is 54.1 Å². The minimum atomic E-state index is -1.84. The van der Waals surface area contributed by atoms with Crippen molar-refractivity contribution in [3.63, 3.8) is 0 Å². The normalized spacial score (nSPS) is 36.7. The van der Waals surface area contributed by atoms with Crippen molar-refractivity contribution in [3.05, 3.63) is 53.6 Å². The molecule has 0 saturated carbocycles. The van der Waals surface area contributed by atoms with Gasteiger partial charge in [-0.2, -0.15) is 0 Å². The number of methoxy groups -OCH3 is 2. The number of hydrogen-bond acceptors (Lipinski definition) is 21. The molecule has 0 spiro atoms. The Kier molecular flexibility index (Phi) is 23.6. The summed E-state index contributed by atoms with van der Waals surface area (Å²) in [6, 6.07) is 5.56. The van der Waals surface area contributed by atoms with Crippen molar-refractivity contribution >= 4 is 11.9 Å². The van der Waals surface area contributed by atoms with Crippen molar-refractivity contribution in [1.82, 2.24) is 29.8 Å². The zero-order valence-electron chi connectivity index (χ0n) is 49.4. The Bertz CT molecular complexity index is 2260. The molecule has 3 fully saturated rings. The van der Waals surface area contributed by atoms with Crippen LogP contribution in [0.2, 0.25) is 0 Å². The van der Waals surface area contributed by atoms with Gasteiger partial charge in [-0.15, -0.1) is 5.10 Å². The highest BCUT2D eigenvalue weighted by Crippen LogP contribution is 2.40. The van der Waals surface area contributed by atoms with E-state index in [1.165, 1.54) is 44.0 Å². The Morgan fingerprint density at radius 3 is 2.28 bits per heavy atom. The summed E-state index contributed by atoms with van der Waals surface area (Å²) in [6.07, 6.45) is -3.88. The smallest absolute Gasteiger partial charge is 0.311 e. The number of hydrazine groups is 1. The molecule has 8 N–H and O–H groups in total. The molecule has 3 aliphatic rings. The molecule has 0 unspecified atom stereocenters. The fraction of sp³-hybridized carbons (Fsp3) is 0.786. The molecule has 450 valence electrons. The fourth-order valence-corrected chi connectivity index (χ4v) is 11.8. The van der Waals surface area contributed by atoms with Crippen LogP contribution in [0.4, 0.5) is 4.39 Å². The number of ether oxygens (including phenoxy) is 8. The highest BCUT2D eigenvalue weighted by molar-refractivity contribution is 5.73. The second-order valence-corrected chi connectivity index (χ2v) is 23.4. The number of carbonyl (C=O) groups excluding carboxylic acids is 2. The number of esters is 2. The number of likely N-dealkylation sites (N-methyl/N-ethyl adjacent to an activating group) is 1. The van der Waals surface area contributed by atoms with E-state index in [0.717, 1.165) is 0 Å². The van der Waals surface area contributed by atoms with Gasteiger partial charge < -0.3 is 78.9 Å². The lowest BCUT2D eigenvalue weighted by Gasteiger charge is -2.48. The number of aromatic nitrogens is 3. The molecule has 4 heterocycles. The van der Waals surface area contributed by atoms with E-state index in [4.69, 9.17) is 49.5 Å². The number of benzene rings is 1. The average Bonchev–Trinajstić information content (AvgIpc) is 3.88. The predicted octanol–water partition coefficient (Wildman–Crippen LogP) is 4.04. The standard InChI is InChI=1S/C56H95FN8O14/c1-16-45-56(11,71)50(67)36(6)63(13)28-32(2)25-54(9,70)52(34(4)48(35(5)53(69)77-45)78-47-26-55(10,73-15)51(68)37(7)76-47)79-46-24-43(23-33(3)75-46)62(12)22-21-40(58)29-64(59)44(27-57)49(72-14)39-17-19-42(20-18-39)65-30-41(60-61-65)31-74-38(8)66/h17-20,29-30,32-37,43-52,67-68,70-71H,16,21-28,31,58-59H2,1-15H3/b40-29-/t32-,33-,34+,35-,36-,37+,43+,44-,45-,46+,47+,48+,49-,50-,51+,52-,54-,55-,56-/m1/s1. The maximum atomic E-state index is 14.9. The molecule has 3 aliphatic heterocycles. The van der Waals surface area contributed by atoms with Gasteiger partial charge in [0, 0.05) is 83.4 Å². The van der Waals surface area contributed by atoms with Gasteiger partial charge in [0.2, 0.25) is 0 Å². The van der Waals surface area contributed by atoms with E-state index in [-0.39, 0.29) is 43.9 Å². The van der Waals surface area contributed by atoms with E-state index in [1.54, 1.807) is 72.0 Å². The molecule has 19 atom stereocenters. The molecular formula is C56H95FN8O14. The van der Waals surface area contributed by atoms with Gasteiger partial charge in [-0.05, 0) is 105 Å². The number of hydrogen-bond donors (Lipinski definition) is 6. The van der Waals surface area contributed by atoms with Gasteiger partial charge in [-0.3, -0.25) is 9.59 Å². The Morgan fingerprint density at radius 2 is 1.67 bits per heavy atom. The third-order valence-electron chi connectivity index (χ3n) is 16.7. The highest BCUT2D eigenvalue weighted by atomic mass is 19.1. The van der Waals surface area contributed by atoms with E-state index < -0.39 is 115 Å². The fourth-order valence-electron chi connectivity index (χ4n) is 11.8. The summed E-state index contributed by atoms with van der Waals surface area (Å²) >= 11 is 0. The van der Waals surface area contributed by atoms with Crippen molar-refractivity contribution < 1.29 is 72.3 Å². The number of nitrogens with zero attached hydrogens (tertiary/aromatic N) is 6. The van der Waals surface area contributed by atoms with Crippen LogP contribution in [0.25, 0.3) is 5.69 Å². The zero-order chi connectivity index (χ0) is 58.9. The van der Waals surface area contributed by atoms with Crippen molar-refractivity contribution in [3.8, 4) is 5.69 Å². The Morgan fingerprint density at radius 1 is 1.00 bits per heavy atom. The first-order valence-electron chi connectivity index (χ1n) is 27.8. The summed E-state index contributed by atoms with van der Waals surface area (Å²) in [5.74, 6) is 3.42. The molecule has 22 nitrogen and oxygen atoms in total. The first-order valence-corrected chi connectivity index (χ1v) is 27.8. The molecule has 1 aromatic heterocycles. The Hall–Kier alpha value is -3.95. The van der Waals surface area contributed by atoms with Crippen LogP contribution in [0.5, 0.6) is 0 Å². The number of nitrogens with two attached hydrogens (primary N) is 2. The third-order valence-corrected chi connectivity index (χ3v) is 16.7. The summed E-state index contributed by atoms with van der Waals surface area (Å²) < 4.78 is 65.9. The van der Waals surface area contributed by atoms with Gasteiger partial charge >= 0.3 is 11.9 Å². The van der Waals surface area contributed by atoms with Crippen LogP contribution < -0.4 is 11.6 Å². The maximum absolute atomic E-state index is 14.9. The number of aliphatic hydroxyl groups excluding tert-OH is 2. The quantitative estimate of drug-likeness (QED) is 0.0658. The van der Waals surface area contributed by atoms with Crippen LogP contribution in [0, 0.1) is 17.8 Å². The largest absolute Gasteiger partial charge is 0.459 e. The lowest BCUT2D eigenvalue weighted by Crippen LogP contribution is -2.59. The molecule has 5 rings (SSSR count). The molecular weight excluding hydrogens is 1030 g/mol. The van der Waals surface area contributed by atoms with Gasteiger partial charge in [0.15, 0.2) is 12.6 Å². The first kappa shape index (κ1) is 65.9. The molecule has 23 heteroatoms. The van der Waals surface area contributed by atoms with Crippen LogP contribution in [0.3, 0.4) is 0 Å². The monoisotopic (exact) mass is 1120 g/mol. The molecule has 0 radical (unpaired) electrons. The van der Waals surface area contributed by atoms with Gasteiger partial charge in [0.05, 0.1) is 53.4 Å². The number of rotatable bonds is 19. The lowest BCUT2D eigenvalue weighted by atomic mass is 9.77. The molecule has 79 heavy (non-hydrogen) atoms. The lowest BCUT2D eigenvalue weighted by molar-refractivity contribution is -0.308. The van der Waals surface area contributed by atoms with Crippen LogP contribution >= 0.6 is 0 Å². The van der Waals surface area contributed by atoms with Gasteiger partial charge in [0.25, 0.3) is 0 Å². The Balaban J connectivity index is 1.36. The van der Waals surface area contributed by atoms with Crippen LogP contribution in [0.1, 0.15) is 132 Å². The van der Waals surface area contributed by atoms with Crippen LogP contribution in [0.15, 0.2) is 42.4 Å². The minimum Gasteiger partial charge on any atom is -0.459 e.